The normalized spacial score (nSPS) is 14.6. The lowest BCUT2D eigenvalue weighted by atomic mass is 10.2. The Balaban J connectivity index is 1.87. The number of halogens is 1. The van der Waals surface area contributed by atoms with Crippen LogP contribution >= 0.6 is 27.7 Å². The van der Waals surface area contributed by atoms with Crippen LogP contribution in [-0.2, 0) is 11.3 Å². The van der Waals surface area contributed by atoms with Crippen LogP contribution in [0.15, 0.2) is 33.7 Å². The van der Waals surface area contributed by atoms with Gasteiger partial charge in [-0.1, -0.05) is 30.0 Å². The van der Waals surface area contributed by atoms with Crippen LogP contribution in [0.25, 0.3) is 10.9 Å². The van der Waals surface area contributed by atoms with E-state index in [0.29, 0.717) is 6.54 Å². The molecule has 1 aromatic carbocycles. The van der Waals surface area contributed by atoms with Crippen molar-refractivity contribution in [2.75, 3.05) is 12.3 Å². The van der Waals surface area contributed by atoms with E-state index >= 15 is 0 Å². The summed E-state index contributed by atoms with van der Waals surface area (Å²) in [6.07, 6.45) is 0. The number of hydrogen-bond donors (Lipinski definition) is 1. The van der Waals surface area contributed by atoms with Gasteiger partial charge in [-0.2, -0.15) is 0 Å². The second kappa shape index (κ2) is 5.61. The number of aromatic nitrogens is 1. The monoisotopic (exact) mass is 351 g/mol. The lowest BCUT2D eigenvalue weighted by molar-refractivity contribution is -0.120. The second-order valence-corrected chi connectivity index (χ2v) is 6.46. The number of benzene rings is 1. The molecule has 0 atom stereocenters. The SMILES string of the molecule is Cc1c(Br)c2ccccc2n1CC(=O)NC1=NCCS1. The average Bonchev–Trinajstić information content (AvgIpc) is 3.03. The molecule has 1 amide bonds. The highest BCUT2D eigenvalue weighted by Crippen LogP contribution is 2.30. The molecule has 0 radical (unpaired) electrons. The van der Waals surface area contributed by atoms with Crippen molar-refractivity contribution in [3.05, 3.63) is 34.4 Å². The second-order valence-electron chi connectivity index (χ2n) is 4.59. The molecule has 1 N–H and O–H groups in total. The highest BCUT2D eigenvalue weighted by molar-refractivity contribution is 9.10. The topological polar surface area (TPSA) is 46.4 Å². The van der Waals surface area contributed by atoms with E-state index in [9.17, 15) is 4.79 Å². The van der Waals surface area contributed by atoms with Crippen molar-refractivity contribution in [2.24, 2.45) is 4.99 Å². The highest BCUT2D eigenvalue weighted by Gasteiger charge is 2.16. The summed E-state index contributed by atoms with van der Waals surface area (Å²) in [5, 5.41) is 4.74. The van der Waals surface area contributed by atoms with Gasteiger partial charge in [-0.25, -0.2) is 0 Å². The first-order valence-electron chi connectivity index (χ1n) is 6.37. The molecule has 0 unspecified atom stereocenters. The minimum Gasteiger partial charge on any atom is -0.334 e. The van der Waals surface area contributed by atoms with Gasteiger partial charge < -0.3 is 9.88 Å². The van der Waals surface area contributed by atoms with E-state index in [0.717, 1.165) is 38.5 Å². The number of nitrogens with zero attached hydrogens (tertiary/aromatic N) is 2. The summed E-state index contributed by atoms with van der Waals surface area (Å²) in [6.45, 7) is 3.11. The standard InChI is InChI=1S/C14H14BrN3OS/c1-9-13(15)10-4-2-3-5-11(10)18(9)8-12(19)17-14-16-6-7-20-14/h2-5H,6-8H2,1H3,(H,16,17,19). The van der Waals surface area contributed by atoms with E-state index in [1.54, 1.807) is 11.8 Å². The molecule has 20 heavy (non-hydrogen) atoms. The number of thioether (sulfide) groups is 1. The van der Waals surface area contributed by atoms with E-state index in [-0.39, 0.29) is 5.91 Å². The summed E-state index contributed by atoms with van der Waals surface area (Å²) in [5.41, 5.74) is 2.12. The fourth-order valence-electron chi connectivity index (χ4n) is 2.31. The van der Waals surface area contributed by atoms with Gasteiger partial charge in [0.1, 0.15) is 6.54 Å². The zero-order valence-electron chi connectivity index (χ0n) is 11.0. The van der Waals surface area contributed by atoms with Gasteiger partial charge in [-0.05, 0) is 28.9 Å². The van der Waals surface area contributed by atoms with E-state index in [2.05, 4.69) is 32.3 Å². The van der Waals surface area contributed by atoms with Crippen molar-refractivity contribution >= 4 is 49.7 Å². The molecule has 104 valence electrons. The number of hydrogen-bond acceptors (Lipinski definition) is 3. The Hall–Kier alpha value is -1.27. The minimum atomic E-state index is -0.0329. The van der Waals surface area contributed by atoms with Crippen molar-refractivity contribution in [1.29, 1.82) is 0 Å². The molecule has 0 aliphatic carbocycles. The molecular formula is C14H14BrN3OS. The number of para-hydroxylation sites is 1. The van der Waals surface area contributed by atoms with Crippen molar-refractivity contribution in [3.63, 3.8) is 0 Å². The molecule has 1 aliphatic heterocycles. The number of amides is 1. The Morgan fingerprint density at radius 3 is 3.05 bits per heavy atom. The van der Waals surface area contributed by atoms with Crippen molar-refractivity contribution in [2.45, 2.75) is 13.5 Å². The number of rotatable bonds is 2. The zero-order valence-corrected chi connectivity index (χ0v) is 13.4. The van der Waals surface area contributed by atoms with Crippen molar-refractivity contribution < 1.29 is 4.79 Å². The van der Waals surface area contributed by atoms with Crippen molar-refractivity contribution in [1.82, 2.24) is 9.88 Å². The Morgan fingerprint density at radius 2 is 2.30 bits per heavy atom. The lowest BCUT2D eigenvalue weighted by Gasteiger charge is -2.08. The van der Waals surface area contributed by atoms with Gasteiger partial charge in [0.25, 0.3) is 0 Å². The Bertz CT molecular complexity index is 708. The van der Waals surface area contributed by atoms with E-state index in [4.69, 9.17) is 0 Å². The summed E-state index contributed by atoms with van der Waals surface area (Å²) >= 11 is 5.19. The molecule has 2 heterocycles. The maximum Gasteiger partial charge on any atom is 0.245 e. The number of amidine groups is 1. The quantitative estimate of drug-likeness (QED) is 0.903. The van der Waals surface area contributed by atoms with Gasteiger partial charge in [0, 0.05) is 26.8 Å². The Morgan fingerprint density at radius 1 is 1.50 bits per heavy atom. The fourth-order valence-corrected chi connectivity index (χ4v) is 3.60. The molecule has 2 aromatic rings. The van der Waals surface area contributed by atoms with Crippen LogP contribution in [0.5, 0.6) is 0 Å². The number of carbonyl (C=O) groups excluding carboxylic acids is 1. The van der Waals surface area contributed by atoms with Gasteiger partial charge in [0.05, 0.1) is 6.54 Å². The minimum absolute atomic E-state index is 0.0329. The number of aliphatic imine (C=N–C) groups is 1. The van der Waals surface area contributed by atoms with Gasteiger partial charge in [0.2, 0.25) is 5.91 Å². The summed E-state index contributed by atoms with van der Waals surface area (Å²) in [6, 6.07) is 8.07. The molecule has 6 heteroatoms. The van der Waals surface area contributed by atoms with Crippen LogP contribution in [0.4, 0.5) is 0 Å². The van der Waals surface area contributed by atoms with Gasteiger partial charge in [0.15, 0.2) is 5.17 Å². The third-order valence-electron chi connectivity index (χ3n) is 3.29. The summed E-state index contributed by atoms with van der Waals surface area (Å²) in [7, 11) is 0. The molecule has 0 spiro atoms. The third kappa shape index (κ3) is 2.50. The summed E-state index contributed by atoms with van der Waals surface area (Å²) in [5.74, 6) is 0.918. The third-order valence-corrected chi connectivity index (χ3v) is 5.18. The predicted octanol–water partition coefficient (Wildman–Crippen LogP) is 2.93. The number of nitrogens with one attached hydrogen (secondary N) is 1. The average molecular weight is 352 g/mol. The highest BCUT2D eigenvalue weighted by atomic mass is 79.9. The summed E-state index contributed by atoms with van der Waals surface area (Å²) < 4.78 is 3.07. The van der Waals surface area contributed by atoms with Crippen LogP contribution in [0, 0.1) is 6.92 Å². The fraction of sp³-hybridized carbons (Fsp3) is 0.286. The molecule has 1 aliphatic rings. The van der Waals surface area contributed by atoms with Crippen LogP contribution in [0.3, 0.4) is 0 Å². The molecule has 0 fully saturated rings. The maximum atomic E-state index is 12.1. The molecular weight excluding hydrogens is 338 g/mol. The zero-order chi connectivity index (χ0) is 14.1. The van der Waals surface area contributed by atoms with Crippen LogP contribution < -0.4 is 5.32 Å². The largest absolute Gasteiger partial charge is 0.334 e. The smallest absolute Gasteiger partial charge is 0.245 e. The predicted molar refractivity (Wildman–Crippen MR) is 87.3 cm³/mol. The first-order valence-corrected chi connectivity index (χ1v) is 8.15. The maximum absolute atomic E-state index is 12.1. The first-order chi connectivity index (χ1) is 9.66. The van der Waals surface area contributed by atoms with Gasteiger partial charge in [-0.3, -0.25) is 9.79 Å². The summed E-state index contributed by atoms with van der Waals surface area (Å²) in [4.78, 5) is 16.4. The molecule has 4 nitrogen and oxygen atoms in total. The molecule has 3 rings (SSSR count). The molecule has 0 saturated carbocycles. The lowest BCUT2D eigenvalue weighted by Crippen LogP contribution is -2.31. The molecule has 0 saturated heterocycles. The molecule has 0 bridgehead atoms. The van der Waals surface area contributed by atoms with Crippen LogP contribution in [-0.4, -0.2) is 27.9 Å². The van der Waals surface area contributed by atoms with E-state index < -0.39 is 0 Å². The number of fused-ring (bicyclic) bond motifs is 1. The Labute approximate surface area is 129 Å². The van der Waals surface area contributed by atoms with Crippen LogP contribution in [0.2, 0.25) is 0 Å². The van der Waals surface area contributed by atoms with E-state index in [1.165, 1.54) is 0 Å². The van der Waals surface area contributed by atoms with Gasteiger partial charge >= 0.3 is 0 Å². The Kier molecular flexibility index (Phi) is 3.85. The van der Waals surface area contributed by atoms with Crippen LogP contribution in [0.1, 0.15) is 5.69 Å². The van der Waals surface area contributed by atoms with Crippen molar-refractivity contribution in [3.8, 4) is 0 Å². The number of carbonyl (C=O) groups is 1. The molecule has 1 aromatic heterocycles. The van der Waals surface area contributed by atoms with Gasteiger partial charge in [-0.15, -0.1) is 0 Å². The first kappa shape index (κ1) is 13.7. The van der Waals surface area contributed by atoms with E-state index in [1.807, 2.05) is 29.7 Å².